The van der Waals surface area contributed by atoms with Crippen molar-refractivity contribution in [3.63, 3.8) is 0 Å². The minimum absolute atomic E-state index is 0.320. The first kappa shape index (κ1) is 15.4. The molecule has 0 bridgehead atoms. The molecule has 4 nitrogen and oxygen atoms in total. The molecule has 0 aliphatic carbocycles. The second-order valence-electron chi connectivity index (χ2n) is 5.76. The largest absolute Gasteiger partial charge is 0.468 e. The molecule has 4 heteroatoms. The zero-order valence-electron chi connectivity index (χ0n) is 12.2. The van der Waals surface area contributed by atoms with Crippen LogP contribution in [-0.4, -0.2) is 42.1 Å². The molecule has 1 aliphatic rings. The van der Waals surface area contributed by atoms with Crippen molar-refractivity contribution in [2.24, 2.45) is 5.73 Å². The molecule has 0 saturated carbocycles. The van der Waals surface area contributed by atoms with Gasteiger partial charge in [-0.05, 0) is 46.1 Å². The lowest BCUT2D eigenvalue weighted by molar-refractivity contribution is -0.147. The summed E-state index contributed by atoms with van der Waals surface area (Å²) in [5, 5.41) is 0. The van der Waals surface area contributed by atoms with Gasteiger partial charge in [-0.25, -0.2) is 0 Å². The summed E-state index contributed by atoms with van der Waals surface area (Å²) >= 11 is 0. The molecule has 3 atom stereocenters. The molecular weight excluding hydrogens is 228 g/mol. The number of methoxy groups -OCH3 is 1. The first-order valence-electron chi connectivity index (χ1n) is 7.05. The second-order valence-corrected chi connectivity index (χ2v) is 5.76. The van der Waals surface area contributed by atoms with Gasteiger partial charge < -0.3 is 10.5 Å². The summed E-state index contributed by atoms with van der Waals surface area (Å²) in [4.78, 5) is 14.1. The molecule has 1 heterocycles. The lowest BCUT2D eigenvalue weighted by atomic mass is 9.90. The normalized spacial score (nSPS) is 26.4. The highest BCUT2D eigenvalue weighted by atomic mass is 16.5. The van der Waals surface area contributed by atoms with Crippen LogP contribution in [0.5, 0.6) is 0 Å². The fourth-order valence-electron chi connectivity index (χ4n) is 3.09. The van der Waals surface area contributed by atoms with Crippen LogP contribution >= 0.6 is 0 Å². The van der Waals surface area contributed by atoms with Gasteiger partial charge in [-0.2, -0.15) is 0 Å². The Balaban J connectivity index is 2.63. The summed E-state index contributed by atoms with van der Waals surface area (Å²) in [5.74, 6) is -0.320. The number of carbonyl (C=O) groups excluding carboxylic acids is 1. The van der Waals surface area contributed by atoms with E-state index in [1.54, 1.807) is 6.92 Å². The van der Waals surface area contributed by atoms with Crippen LogP contribution in [0.4, 0.5) is 0 Å². The zero-order valence-corrected chi connectivity index (χ0v) is 12.2. The molecule has 0 spiro atoms. The highest BCUT2D eigenvalue weighted by Gasteiger charge is 2.35. The maximum absolute atomic E-state index is 11.6. The summed E-state index contributed by atoms with van der Waals surface area (Å²) in [6.45, 7) is 7.29. The standard InChI is InChI=1S/C14H28N2O2/c1-5-12-8-6-7-9-16(12)11(2)10-14(3,15)13(17)18-4/h11-12H,5-10,15H2,1-4H3. The number of nitrogens with two attached hydrogens (primary N) is 1. The maximum atomic E-state index is 11.6. The Kier molecular flexibility index (Phi) is 5.60. The summed E-state index contributed by atoms with van der Waals surface area (Å²) < 4.78 is 4.77. The number of nitrogens with zero attached hydrogens (tertiary/aromatic N) is 1. The van der Waals surface area contributed by atoms with Crippen LogP contribution < -0.4 is 5.73 Å². The van der Waals surface area contributed by atoms with E-state index in [2.05, 4.69) is 18.7 Å². The van der Waals surface area contributed by atoms with Gasteiger partial charge in [-0.3, -0.25) is 9.69 Å². The SMILES string of the molecule is CCC1CCCCN1C(C)CC(C)(N)C(=O)OC. The third-order valence-corrected chi connectivity index (χ3v) is 4.08. The molecule has 0 amide bonds. The van der Waals surface area contributed by atoms with Gasteiger partial charge in [0.05, 0.1) is 7.11 Å². The third-order valence-electron chi connectivity index (χ3n) is 4.08. The van der Waals surface area contributed by atoms with E-state index in [1.807, 2.05) is 0 Å². The van der Waals surface area contributed by atoms with E-state index in [9.17, 15) is 4.79 Å². The van der Waals surface area contributed by atoms with Crippen LogP contribution in [0, 0.1) is 0 Å². The van der Waals surface area contributed by atoms with Crippen molar-refractivity contribution in [3.05, 3.63) is 0 Å². The van der Waals surface area contributed by atoms with Crippen LogP contribution in [0.25, 0.3) is 0 Å². The fraction of sp³-hybridized carbons (Fsp3) is 0.929. The predicted molar refractivity (Wildman–Crippen MR) is 73.3 cm³/mol. The minimum Gasteiger partial charge on any atom is -0.468 e. The second kappa shape index (κ2) is 6.53. The predicted octanol–water partition coefficient (Wildman–Crippen LogP) is 1.92. The summed E-state index contributed by atoms with van der Waals surface area (Å²) in [7, 11) is 1.40. The number of rotatable bonds is 5. The Morgan fingerprint density at radius 3 is 2.78 bits per heavy atom. The van der Waals surface area contributed by atoms with Gasteiger partial charge in [-0.1, -0.05) is 13.3 Å². The zero-order chi connectivity index (χ0) is 13.8. The quantitative estimate of drug-likeness (QED) is 0.764. The van der Waals surface area contributed by atoms with Gasteiger partial charge >= 0.3 is 5.97 Å². The van der Waals surface area contributed by atoms with Crippen molar-refractivity contribution in [1.82, 2.24) is 4.90 Å². The van der Waals surface area contributed by atoms with Gasteiger partial charge in [0, 0.05) is 12.1 Å². The lowest BCUT2D eigenvalue weighted by Crippen LogP contribution is -2.53. The molecule has 2 N–H and O–H groups in total. The van der Waals surface area contributed by atoms with E-state index < -0.39 is 5.54 Å². The Bertz CT molecular complexity index is 279. The third kappa shape index (κ3) is 3.69. The number of likely N-dealkylation sites (tertiary alicyclic amines) is 1. The van der Waals surface area contributed by atoms with Gasteiger partial charge in [0.15, 0.2) is 0 Å². The maximum Gasteiger partial charge on any atom is 0.325 e. The van der Waals surface area contributed by atoms with Crippen molar-refractivity contribution < 1.29 is 9.53 Å². The first-order chi connectivity index (χ1) is 8.42. The average Bonchev–Trinajstić information content (AvgIpc) is 2.36. The van der Waals surface area contributed by atoms with Gasteiger partial charge in [-0.15, -0.1) is 0 Å². The van der Waals surface area contributed by atoms with Crippen molar-refractivity contribution in [1.29, 1.82) is 0 Å². The van der Waals surface area contributed by atoms with E-state index in [1.165, 1.54) is 32.8 Å². The van der Waals surface area contributed by atoms with E-state index in [0.29, 0.717) is 18.5 Å². The van der Waals surface area contributed by atoms with E-state index in [-0.39, 0.29) is 5.97 Å². The Morgan fingerprint density at radius 1 is 1.56 bits per heavy atom. The molecule has 0 aromatic rings. The van der Waals surface area contributed by atoms with E-state index in [4.69, 9.17) is 10.5 Å². The summed E-state index contributed by atoms with van der Waals surface area (Å²) in [6, 6.07) is 0.964. The number of carbonyl (C=O) groups is 1. The Morgan fingerprint density at radius 2 is 2.22 bits per heavy atom. The monoisotopic (exact) mass is 256 g/mol. The van der Waals surface area contributed by atoms with Crippen molar-refractivity contribution in [2.75, 3.05) is 13.7 Å². The molecule has 3 unspecified atom stereocenters. The molecule has 1 fully saturated rings. The number of esters is 1. The van der Waals surface area contributed by atoms with E-state index >= 15 is 0 Å². The molecular formula is C14H28N2O2. The van der Waals surface area contributed by atoms with Crippen molar-refractivity contribution in [2.45, 2.75) is 70.5 Å². The molecule has 0 aromatic heterocycles. The average molecular weight is 256 g/mol. The van der Waals surface area contributed by atoms with Crippen LogP contribution in [0.1, 0.15) is 52.9 Å². The number of piperidine rings is 1. The van der Waals surface area contributed by atoms with Crippen molar-refractivity contribution in [3.8, 4) is 0 Å². The van der Waals surface area contributed by atoms with Gasteiger partial charge in [0.1, 0.15) is 5.54 Å². The number of hydrogen-bond acceptors (Lipinski definition) is 4. The first-order valence-corrected chi connectivity index (χ1v) is 7.05. The lowest BCUT2D eigenvalue weighted by Gasteiger charge is -2.41. The molecule has 106 valence electrons. The highest BCUT2D eigenvalue weighted by molar-refractivity contribution is 5.79. The fourth-order valence-corrected chi connectivity index (χ4v) is 3.09. The molecule has 0 aromatic carbocycles. The topological polar surface area (TPSA) is 55.6 Å². The summed E-state index contributed by atoms with van der Waals surface area (Å²) in [6.07, 6.45) is 5.65. The van der Waals surface area contributed by atoms with Crippen molar-refractivity contribution >= 4 is 5.97 Å². The van der Waals surface area contributed by atoms with Crippen LogP contribution in [0.3, 0.4) is 0 Å². The van der Waals surface area contributed by atoms with Crippen LogP contribution in [0.15, 0.2) is 0 Å². The molecule has 1 rings (SSSR count). The minimum atomic E-state index is -0.885. The van der Waals surface area contributed by atoms with Crippen LogP contribution in [0.2, 0.25) is 0 Å². The Labute approximate surface area is 111 Å². The van der Waals surface area contributed by atoms with Gasteiger partial charge in [0.25, 0.3) is 0 Å². The summed E-state index contributed by atoms with van der Waals surface area (Å²) in [5.41, 5.74) is 5.18. The van der Waals surface area contributed by atoms with Gasteiger partial charge in [0.2, 0.25) is 0 Å². The molecule has 1 saturated heterocycles. The Hall–Kier alpha value is -0.610. The highest BCUT2D eigenvalue weighted by Crippen LogP contribution is 2.25. The molecule has 1 aliphatic heterocycles. The molecule has 18 heavy (non-hydrogen) atoms. The smallest absolute Gasteiger partial charge is 0.325 e. The number of hydrogen-bond donors (Lipinski definition) is 1. The number of ether oxygens (including phenoxy) is 1. The van der Waals surface area contributed by atoms with Crippen LogP contribution in [-0.2, 0) is 9.53 Å². The van der Waals surface area contributed by atoms with E-state index in [0.717, 1.165) is 6.54 Å². The molecule has 0 radical (unpaired) electrons.